The van der Waals surface area contributed by atoms with Crippen LogP contribution in [0.4, 0.5) is 26.3 Å². The van der Waals surface area contributed by atoms with E-state index in [1.165, 1.54) is 29.9 Å². The summed E-state index contributed by atoms with van der Waals surface area (Å²) in [6, 6.07) is 5.68. The average molecular weight is 477 g/mol. The first-order valence-corrected chi connectivity index (χ1v) is 9.90. The molecule has 180 valence electrons. The molecule has 0 aliphatic carbocycles. The number of rotatable bonds is 6. The Kier molecular flexibility index (Phi) is 6.31. The fourth-order valence-corrected chi connectivity index (χ4v) is 3.78. The second kappa shape index (κ2) is 8.44. The van der Waals surface area contributed by atoms with Gasteiger partial charge >= 0.3 is 12.4 Å². The molecule has 0 radical (unpaired) electrons. The smallest absolute Gasteiger partial charge is 0.430 e. The van der Waals surface area contributed by atoms with Crippen molar-refractivity contribution in [2.75, 3.05) is 14.2 Å². The molecule has 0 saturated heterocycles. The Morgan fingerprint density at radius 1 is 0.909 bits per heavy atom. The zero-order valence-electron chi connectivity index (χ0n) is 17.9. The first kappa shape index (κ1) is 24.7. The highest BCUT2D eigenvalue weighted by molar-refractivity contribution is 6.06. The van der Waals surface area contributed by atoms with Gasteiger partial charge < -0.3 is 19.1 Å². The number of unbranched alkanes of at least 4 members (excludes halogenated alkanes) is 1. The first-order chi connectivity index (χ1) is 15.3. The van der Waals surface area contributed by atoms with Crippen molar-refractivity contribution in [3.63, 3.8) is 0 Å². The number of benzene rings is 2. The van der Waals surface area contributed by atoms with Crippen molar-refractivity contribution in [2.24, 2.45) is 0 Å². The molecule has 33 heavy (non-hydrogen) atoms. The Balaban J connectivity index is 2.55. The molecule has 1 aromatic heterocycles. The van der Waals surface area contributed by atoms with Crippen LogP contribution < -0.4 is 15.0 Å². The van der Waals surface area contributed by atoms with Gasteiger partial charge in [-0.05, 0) is 36.1 Å². The lowest BCUT2D eigenvalue weighted by Gasteiger charge is -2.34. The van der Waals surface area contributed by atoms with E-state index in [4.69, 9.17) is 9.47 Å². The molecule has 0 spiro atoms. The van der Waals surface area contributed by atoms with Gasteiger partial charge in [0.25, 0.3) is 11.2 Å². The molecule has 0 unspecified atom stereocenters. The third kappa shape index (κ3) is 3.88. The number of hydrogen-bond donors (Lipinski definition) is 1. The third-order valence-corrected chi connectivity index (χ3v) is 5.55. The molecule has 0 saturated carbocycles. The lowest BCUT2D eigenvalue weighted by Crippen LogP contribution is -2.54. The van der Waals surface area contributed by atoms with Crippen LogP contribution in [0, 0.1) is 0 Å². The Hall–Kier alpha value is -2.95. The van der Waals surface area contributed by atoms with Crippen LogP contribution in [0.1, 0.15) is 25.3 Å². The zero-order chi connectivity index (χ0) is 24.8. The minimum atomic E-state index is -6.10. The standard InChI is InChI=1S/C22H21F6NO4/c1-4-5-8-29-17-11-18(33-3)16(20(31,21(23,24)25)22(26,27)28)10-14(17)13-7-6-12(32-2)9-15(13)19(29)30/h6-7,9-11,31H,4-5,8H2,1-3H3. The SMILES string of the molecule is CCCCn1c(=O)c2cc(OC)ccc2c2cc(C(O)(C(F)(F)F)C(F)(F)F)c(OC)cc21. The molecule has 0 aliphatic heterocycles. The molecule has 11 heteroatoms. The number of alkyl halides is 6. The summed E-state index contributed by atoms with van der Waals surface area (Å²) in [7, 11) is 2.24. The lowest BCUT2D eigenvalue weighted by molar-refractivity contribution is -0.376. The summed E-state index contributed by atoms with van der Waals surface area (Å²) in [6.07, 6.45) is -11.0. The van der Waals surface area contributed by atoms with Gasteiger partial charge in [0.15, 0.2) is 0 Å². The summed E-state index contributed by atoms with van der Waals surface area (Å²) in [5.41, 5.74) is -7.11. The maximum atomic E-state index is 13.6. The molecule has 3 aromatic rings. The minimum absolute atomic E-state index is 0.0524. The predicted octanol–water partition coefficient (Wildman–Crippen LogP) is 5.28. The van der Waals surface area contributed by atoms with Gasteiger partial charge in [-0.25, -0.2) is 0 Å². The molecular formula is C22H21F6NO4. The molecule has 0 amide bonds. The molecule has 0 aliphatic rings. The van der Waals surface area contributed by atoms with Crippen molar-refractivity contribution in [3.8, 4) is 11.5 Å². The number of hydrogen-bond acceptors (Lipinski definition) is 4. The molecular weight excluding hydrogens is 456 g/mol. The van der Waals surface area contributed by atoms with Crippen molar-refractivity contribution in [2.45, 2.75) is 44.3 Å². The number of nitrogens with zero attached hydrogens (tertiary/aromatic N) is 1. The fraction of sp³-hybridized carbons (Fsp3) is 0.409. The highest BCUT2D eigenvalue weighted by Crippen LogP contribution is 2.53. The Bertz CT molecular complexity index is 1230. The van der Waals surface area contributed by atoms with Gasteiger partial charge in [-0.2, -0.15) is 26.3 Å². The topological polar surface area (TPSA) is 60.7 Å². The number of pyridine rings is 1. The summed E-state index contributed by atoms with van der Waals surface area (Å²) in [6.45, 7) is 2.03. The highest BCUT2D eigenvalue weighted by atomic mass is 19.4. The van der Waals surface area contributed by atoms with Crippen LogP contribution in [0.15, 0.2) is 35.1 Å². The fourth-order valence-electron chi connectivity index (χ4n) is 3.78. The summed E-state index contributed by atoms with van der Waals surface area (Å²) in [5.74, 6) is -0.561. The number of ether oxygens (including phenoxy) is 2. The molecule has 0 atom stereocenters. The van der Waals surface area contributed by atoms with Crippen LogP contribution in [-0.4, -0.2) is 36.2 Å². The van der Waals surface area contributed by atoms with E-state index in [0.29, 0.717) is 18.9 Å². The van der Waals surface area contributed by atoms with E-state index in [2.05, 4.69) is 0 Å². The van der Waals surface area contributed by atoms with Crippen LogP contribution in [0.3, 0.4) is 0 Å². The van der Waals surface area contributed by atoms with E-state index < -0.39 is 34.8 Å². The summed E-state index contributed by atoms with van der Waals surface area (Å²) < 4.78 is 93.0. The summed E-state index contributed by atoms with van der Waals surface area (Å²) in [5, 5.41) is 10.1. The molecule has 0 fully saturated rings. The van der Waals surface area contributed by atoms with Crippen LogP contribution in [-0.2, 0) is 12.1 Å². The average Bonchev–Trinajstić information content (AvgIpc) is 2.75. The molecule has 1 heterocycles. The van der Waals surface area contributed by atoms with Crippen LogP contribution in [0.2, 0.25) is 0 Å². The molecule has 3 rings (SSSR count). The van der Waals surface area contributed by atoms with E-state index in [-0.39, 0.29) is 34.0 Å². The lowest BCUT2D eigenvalue weighted by atomic mass is 9.89. The van der Waals surface area contributed by atoms with Gasteiger partial charge in [0.2, 0.25) is 0 Å². The van der Waals surface area contributed by atoms with E-state index in [1.807, 2.05) is 6.92 Å². The van der Waals surface area contributed by atoms with Crippen LogP contribution in [0.25, 0.3) is 21.7 Å². The van der Waals surface area contributed by atoms with E-state index >= 15 is 0 Å². The van der Waals surface area contributed by atoms with Gasteiger partial charge in [-0.1, -0.05) is 13.3 Å². The second-order valence-corrected chi connectivity index (χ2v) is 7.50. The largest absolute Gasteiger partial charge is 0.497 e. The molecule has 0 bridgehead atoms. The number of aromatic nitrogens is 1. The Morgan fingerprint density at radius 2 is 1.55 bits per heavy atom. The number of fused-ring (bicyclic) bond motifs is 3. The minimum Gasteiger partial charge on any atom is -0.497 e. The van der Waals surface area contributed by atoms with E-state index in [1.54, 1.807) is 0 Å². The number of methoxy groups -OCH3 is 2. The Labute approximate surface area is 184 Å². The van der Waals surface area contributed by atoms with Crippen molar-refractivity contribution >= 4 is 21.7 Å². The highest BCUT2D eigenvalue weighted by Gasteiger charge is 2.72. The van der Waals surface area contributed by atoms with Crippen LogP contribution >= 0.6 is 0 Å². The van der Waals surface area contributed by atoms with E-state index in [9.17, 15) is 36.2 Å². The third-order valence-electron chi connectivity index (χ3n) is 5.55. The van der Waals surface area contributed by atoms with Crippen LogP contribution in [0.5, 0.6) is 11.5 Å². The number of aliphatic hydroxyl groups is 1. The number of halogens is 6. The summed E-state index contributed by atoms with van der Waals surface area (Å²) in [4.78, 5) is 13.2. The monoisotopic (exact) mass is 477 g/mol. The van der Waals surface area contributed by atoms with Gasteiger partial charge in [-0.15, -0.1) is 0 Å². The van der Waals surface area contributed by atoms with Gasteiger partial charge in [-0.3, -0.25) is 4.79 Å². The quantitative estimate of drug-likeness (QED) is 0.388. The van der Waals surface area contributed by atoms with Gasteiger partial charge in [0.05, 0.1) is 25.1 Å². The van der Waals surface area contributed by atoms with Crippen molar-refractivity contribution < 1.29 is 40.9 Å². The Morgan fingerprint density at radius 3 is 2.06 bits per heavy atom. The van der Waals surface area contributed by atoms with Crippen molar-refractivity contribution in [1.82, 2.24) is 4.57 Å². The predicted molar refractivity (Wildman–Crippen MR) is 110 cm³/mol. The maximum Gasteiger partial charge on any atom is 0.430 e. The zero-order valence-corrected chi connectivity index (χ0v) is 17.9. The number of aryl methyl sites for hydroxylation is 1. The molecule has 1 N–H and O–H groups in total. The van der Waals surface area contributed by atoms with Crippen molar-refractivity contribution in [3.05, 3.63) is 46.2 Å². The first-order valence-electron chi connectivity index (χ1n) is 9.90. The molecule has 5 nitrogen and oxygen atoms in total. The van der Waals surface area contributed by atoms with Gasteiger partial charge in [0.1, 0.15) is 11.5 Å². The molecule has 2 aromatic carbocycles. The van der Waals surface area contributed by atoms with Gasteiger partial charge in [0, 0.05) is 23.6 Å². The van der Waals surface area contributed by atoms with E-state index in [0.717, 1.165) is 13.2 Å². The maximum absolute atomic E-state index is 13.6. The second-order valence-electron chi connectivity index (χ2n) is 7.50. The summed E-state index contributed by atoms with van der Waals surface area (Å²) >= 11 is 0. The normalized spacial score (nSPS) is 13.0. The van der Waals surface area contributed by atoms with Crippen molar-refractivity contribution in [1.29, 1.82) is 0 Å².